The van der Waals surface area contributed by atoms with E-state index in [4.69, 9.17) is 0 Å². The topological polar surface area (TPSA) is 40.5 Å². The third kappa shape index (κ3) is 4.33. The van der Waals surface area contributed by atoms with Gasteiger partial charge in [0, 0.05) is 11.8 Å². The highest BCUT2D eigenvalue weighted by Gasteiger charge is 2.14. The van der Waals surface area contributed by atoms with Crippen molar-refractivity contribution >= 4 is 0 Å². The molecule has 1 aliphatic carbocycles. The fourth-order valence-electron chi connectivity index (χ4n) is 3.33. The Morgan fingerprint density at radius 2 is 1.36 bits per heavy atom. The van der Waals surface area contributed by atoms with Crippen molar-refractivity contribution in [1.29, 1.82) is 0 Å². The van der Waals surface area contributed by atoms with E-state index in [1.54, 1.807) is 12.1 Å². The van der Waals surface area contributed by atoms with E-state index < -0.39 is 0 Å². The zero-order valence-corrected chi connectivity index (χ0v) is 14.7. The molecule has 0 saturated carbocycles. The van der Waals surface area contributed by atoms with E-state index in [-0.39, 0.29) is 11.8 Å². The minimum atomic E-state index is 0.248. The van der Waals surface area contributed by atoms with Crippen LogP contribution < -0.4 is 0 Å². The van der Waals surface area contributed by atoms with E-state index in [1.807, 2.05) is 24.3 Å². The van der Waals surface area contributed by atoms with Gasteiger partial charge in [-0.2, -0.15) is 0 Å². The van der Waals surface area contributed by atoms with Crippen LogP contribution in [0.3, 0.4) is 0 Å². The lowest BCUT2D eigenvalue weighted by Crippen LogP contribution is -2.01. The second kappa shape index (κ2) is 8.06. The van der Waals surface area contributed by atoms with E-state index in [9.17, 15) is 10.2 Å². The van der Waals surface area contributed by atoms with E-state index in [1.165, 1.54) is 24.0 Å². The highest BCUT2D eigenvalue weighted by Crippen LogP contribution is 2.32. The lowest BCUT2D eigenvalue weighted by molar-refractivity contribution is 0.466. The Hall–Kier alpha value is -2.48. The van der Waals surface area contributed by atoms with Gasteiger partial charge in [-0.15, -0.1) is 0 Å². The Morgan fingerprint density at radius 1 is 0.760 bits per heavy atom. The average Bonchev–Trinajstić information content (AvgIpc) is 2.64. The summed E-state index contributed by atoms with van der Waals surface area (Å²) in [5.41, 5.74) is 3.45. The van der Waals surface area contributed by atoms with Crippen molar-refractivity contribution in [2.45, 2.75) is 44.4 Å². The van der Waals surface area contributed by atoms with Crippen molar-refractivity contribution in [3.63, 3.8) is 0 Å². The molecule has 0 saturated heterocycles. The number of rotatable bonds is 6. The molecule has 2 aromatic carbocycles. The van der Waals surface area contributed by atoms with Crippen LogP contribution in [0.15, 0.2) is 66.8 Å². The van der Waals surface area contributed by atoms with Gasteiger partial charge in [0.15, 0.2) is 0 Å². The SMILES string of the molecule is CCCCCc1cc(C2C=CC(c3ccc(O)cc3)C=C2)ccc1O. The summed E-state index contributed by atoms with van der Waals surface area (Å²) in [6.07, 6.45) is 13.3. The van der Waals surface area contributed by atoms with Crippen LogP contribution in [0.5, 0.6) is 11.5 Å². The molecule has 0 bridgehead atoms. The van der Waals surface area contributed by atoms with Gasteiger partial charge in [0.1, 0.15) is 11.5 Å². The van der Waals surface area contributed by atoms with E-state index in [2.05, 4.69) is 37.3 Å². The number of aryl methyl sites for hydroxylation is 1. The van der Waals surface area contributed by atoms with E-state index >= 15 is 0 Å². The largest absolute Gasteiger partial charge is 0.508 e. The van der Waals surface area contributed by atoms with Gasteiger partial charge in [0.25, 0.3) is 0 Å². The Morgan fingerprint density at radius 3 is 2.00 bits per heavy atom. The van der Waals surface area contributed by atoms with E-state index in [0.717, 1.165) is 18.4 Å². The zero-order chi connectivity index (χ0) is 17.6. The molecule has 0 radical (unpaired) electrons. The van der Waals surface area contributed by atoms with Crippen LogP contribution in [0.1, 0.15) is 54.7 Å². The molecule has 0 amide bonds. The van der Waals surface area contributed by atoms with Gasteiger partial charge in [0.05, 0.1) is 0 Å². The number of unbranched alkanes of at least 4 members (excludes halogenated alkanes) is 2. The van der Waals surface area contributed by atoms with Crippen LogP contribution in [0.4, 0.5) is 0 Å². The number of phenolic OH excluding ortho intramolecular Hbond substituents is 2. The molecule has 2 aromatic rings. The van der Waals surface area contributed by atoms with Crippen molar-refractivity contribution in [1.82, 2.24) is 0 Å². The van der Waals surface area contributed by atoms with E-state index in [0.29, 0.717) is 11.5 Å². The number of aromatic hydroxyl groups is 2. The first-order valence-electron chi connectivity index (χ1n) is 9.14. The van der Waals surface area contributed by atoms with Crippen molar-refractivity contribution in [3.8, 4) is 11.5 Å². The molecule has 0 heterocycles. The molecular weight excluding hydrogens is 308 g/mol. The molecule has 0 spiro atoms. The van der Waals surface area contributed by atoms with Crippen molar-refractivity contribution in [3.05, 3.63) is 83.5 Å². The molecule has 2 nitrogen and oxygen atoms in total. The molecule has 2 heteroatoms. The number of allylic oxidation sites excluding steroid dienone is 4. The Bertz CT molecular complexity index is 742. The Labute approximate surface area is 150 Å². The number of hydrogen-bond donors (Lipinski definition) is 2. The Balaban J connectivity index is 1.71. The second-order valence-corrected chi connectivity index (χ2v) is 6.76. The first-order valence-corrected chi connectivity index (χ1v) is 9.14. The van der Waals surface area contributed by atoms with Crippen LogP contribution >= 0.6 is 0 Å². The van der Waals surface area contributed by atoms with Crippen molar-refractivity contribution < 1.29 is 10.2 Å². The molecule has 0 aliphatic heterocycles. The van der Waals surface area contributed by atoms with Gasteiger partial charge in [-0.05, 0) is 47.7 Å². The van der Waals surface area contributed by atoms with Gasteiger partial charge in [0.2, 0.25) is 0 Å². The van der Waals surface area contributed by atoms with Crippen LogP contribution in [-0.2, 0) is 6.42 Å². The molecule has 3 rings (SSSR count). The maximum absolute atomic E-state index is 10.1. The second-order valence-electron chi connectivity index (χ2n) is 6.76. The van der Waals surface area contributed by atoms with Crippen LogP contribution in [0.2, 0.25) is 0 Å². The lowest BCUT2D eigenvalue weighted by atomic mass is 9.86. The molecule has 130 valence electrons. The smallest absolute Gasteiger partial charge is 0.118 e. The first kappa shape index (κ1) is 17.3. The fourth-order valence-corrected chi connectivity index (χ4v) is 3.33. The Kier molecular flexibility index (Phi) is 5.60. The van der Waals surface area contributed by atoms with Crippen molar-refractivity contribution in [2.24, 2.45) is 0 Å². The molecule has 0 aromatic heterocycles. The highest BCUT2D eigenvalue weighted by atomic mass is 16.3. The highest BCUT2D eigenvalue weighted by molar-refractivity contribution is 5.43. The predicted octanol–water partition coefficient (Wildman–Crippen LogP) is 5.82. The minimum absolute atomic E-state index is 0.248. The first-order chi connectivity index (χ1) is 12.2. The maximum atomic E-state index is 10.1. The van der Waals surface area contributed by atoms with Crippen LogP contribution in [0.25, 0.3) is 0 Å². The summed E-state index contributed by atoms with van der Waals surface area (Å²) in [4.78, 5) is 0. The third-order valence-corrected chi connectivity index (χ3v) is 4.87. The predicted molar refractivity (Wildman–Crippen MR) is 103 cm³/mol. The van der Waals surface area contributed by atoms with Gasteiger partial charge >= 0.3 is 0 Å². The van der Waals surface area contributed by atoms with Gasteiger partial charge in [-0.25, -0.2) is 0 Å². The summed E-state index contributed by atoms with van der Waals surface area (Å²) in [6.45, 7) is 2.19. The monoisotopic (exact) mass is 334 g/mol. The number of phenols is 2. The average molecular weight is 334 g/mol. The summed E-state index contributed by atoms with van der Waals surface area (Å²) in [6, 6.07) is 13.4. The molecule has 25 heavy (non-hydrogen) atoms. The standard InChI is InChI=1S/C23H26O2/c1-2-3-4-5-21-16-20(12-15-23(21)25)19-8-6-17(7-9-19)18-10-13-22(24)14-11-18/h6-17,19,24-25H,2-5H2,1H3. The van der Waals surface area contributed by atoms with Crippen LogP contribution in [-0.4, -0.2) is 10.2 Å². The minimum Gasteiger partial charge on any atom is -0.508 e. The molecule has 1 aliphatic rings. The summed E-state index contributed by atoms with van der Waals surface area (Å²) in [5, 5.41) is 19.5. The van der Waals surface area contributed by atoms with Crippen molar-refractivity contribution in [2.75, 3.05) is 0 Å². The fraction of sp³-hybridized carbons (Fsp3) is 0.304. The molecule has 2 N–H and O–H groups in total. The molecule has 0 fully saturated rings. The zero-order valence-electron chi connectivity index (χ0n) is 14.7. The summed E-state index contributed by atoms with van der Waals surface area (Å²) in [7, 11) is 0. The molecular formula is C23H26O2. The molecule has 0 atom stereocenters. The summed E-state index contributed by atoms with van der Waals surface area (Å²) >= 11 is 0. The number of hydrogen-bond acceptors (Lipinski definition) is 2. The van der Waals surface area contributed by atoms with Gasteiger partial charge < -0.3 is 10.2 Å². The molecule has 0 unspecified atom stereocenters. The van der Waals surface area contributed by atoms with Crippen LogP contribution in [0, 0.1) is 0 Å². The third-order valence-electron chi connectivity index (χ3n) is 4.87. The lowest BCUT2D eigenvalue weighted by Gasteiger charge is -2.18. The summed E-state index contributed by atoms with van der Waals surface area (Å²) in [5.74, 6) is 1.20. The normalized spacial score (nSPS) is 19.2. The van der Waals surface area contributed by atoms with Gasteiger partial charge in [-0.3, -0.25) is 0 Å². The quantitative estimate of drug-likeness (QED) is 0.516. The summed E-state index contributed by atoms with van der Waals surface area (Å²) < 4.78 is 0. The maximum Gasteiger partial charge on any atom is 0.118 e. The van der Waals surface area contributed by atoms with Gasteiger partial charge in [-0.1, -0.05) is 68.3 Å². The number of benzene rings is 2.